The third-order valence-corrected chi connectivity index (χ3v) is 14.6. The average Bonchev–Trinajstić information content (AvgIpc) is 3.32. The van der Waals surface area contributed by atoms with Gasteiger partial charge >= 0.3 is 13.8 Å². The van der Waals surface area contributed by atoms with Crippen LogP contribution in [0.5, 0.6) is 0 Å². The lowest BCUT2D eigenvalue weighted by molar-refractivity contribution is -0.220. The molecule has 0 aliphatic heterocycles. The molecule has 1 fully saturated rings. The summed E-state index contributed by atoms with van der Waals surface area (Å²) in [7, 11) is -5.02. The van der Waals surface area contributed by atoms with Gasteiger partial charge in [0.25, 0.3) is 0 Å². The minimum atomic E-state index is -5.02. The van der Waals surface area contributed by atoms with Crippen LogP contribution in [0, 0.1) is 0 Å². The molecule has 68 heavy (non-hydrogen) atoms. The molecule has 1 saturated carbocycles. The summed E-state index contributed by atoms with van der Waals surface area (Å²) in [6.45, 7) is 4.32. The molecule has 1 aliphatic rings. The largest absolute Gasteiger partial charge is 0.472 e. The SMILES string of the molecule is CCCCCCCCCC/C=C\CCCCCCCCCCCCCC(=O)OC(COCCCCCCCCCCCCCCCCCCCC)COP(=O)(O)OC1C(O)C(O)C(O)C(O)C1O. The summed E-state index contributed by atoms with van der Waals surface area (Å²) < 4.78 is 34.4. The molecule has 1 aliphatic carbocycles. The Morgan fingerprint density at radius 3 is 1.16 bits per heavy atom. The fourth-order valence-electron chi connectivity index (χ4n) is 9.12. The summed E-state index contributed by atoms with van der Waals surface area (Å²) in [4.78, 5) is 23.3. The molecule has 0 bridgehead atoms. The highest BCUT2D eigenvalue weighted by Gasteiger charge is 2.51. The van der Waals surface area contributed by atoms with Gasteiger partial charge in [-0.25, -0.2) is 4.57 Å². The fraction of sp³-hybridized carbons (Fsp3) is 0.945. The van der Waals surface area contributed by atoms with Gasteiger partial charge in [-0.3, -0.25) is 13.8 Å². The van der Waals surface area contributed by atoms with Gasteiger partial charge in [-0.05, 0) is 38.5 Å². The molecule has 6 N–H and O–H groups in total. The van der Waals surface area contributed by atoms with Crippen LogP contribution in [0.15, 0.2) is 12.2 Å². The van der Waals surface area contributed by atoms with Crippen molar-refractivity contribution in [3.8, 4) is 0 Å². The number of esters is 1. The highest BCUT2D eigenvalue weighted by atomic mass is 31.2. The molecule has 0 amide bonds. The molecule has 404 valence electrons. The van der Waals surface area contributed by atoms with Crippen LogP contribution in [-0.2, 0) is 27.9 Å². The fourth-order valence-corrected chi connectivity index (χ4v) is 10.1. The monoisotopic (exact) mass is 991 g/mol. The van der Waals surface area contributed by atoms with Crippen LogP contribution in [0.4, 0.5) is 0 Å². The molecule has 12 nitrogen and oxygen atoms in total. The van der Waals surface area contributed by atoms with E-state index in [9.17, 15) is 39.8 Å². The molecule has 0 aromatic rings. The Hall–Kier alpha value is -0.920. The number of carbonyl (C=O) groups excluding carboxylic acids is 1. The summed E-state index contributed by atoms with van der Waals surface area (Å²) in [6.07, 6.45) is 41.4. The highest BCUT2D eigenvalue weighted by Crippen LogP contribution is 2.47. The number of rotatable bonds is 50. The molecule has 6 atom stereocenters. The first-order valence-corrected chi connectivity index (χ1v) is 30.0. The lowest BCUT2D eigenvalue weighted by Gasteiger charge is -2.41. The molecular formula is C55H107O12P. The zero-order valence-corrected chi connectivity index (χ0v) is 44.6. The van der Waals surface area contributed by atoms with Gasteiger partial charge in [-0.2, -0.15) is 0 Å². The number of carbonyl (C=O) groups is 1. The van der Waals surface area contributed by atoms with Crippen LogP contribution >= 0.6 is 7.82 Å². The van der Waals surface area contributed by atoms with Gasteiger partial charge in [-0.1, -0.05) is 238 Å². The van der Waals surface area contributed by atoms with E-state index >= 15 is 0 Å². The first-order chi connectivity index (χ1) is 33.0. The van der Waals surface area contributed by atoms with Gasteiger partial charge in [0.2, 0.25) is 0 Å². The second-order valence-electron chi connectivity index (χ2n) is 20.1. The number of allylic oxidation sites excluding steroid dienone is 2. The van der Waals surface area contributed by atoms with Crippen LogP contribution in [0.2, 0.25) is 0 Å². The van der Waals surface area contributed by atoms with Gasteiger partial charge in [0.05, 0.1) is 13.2 Å². The van der Waals surface area contributed by atoms with E-state index in [1.165, 1.54) is 205 Å². The van der Waals surface area contributed by atoms with Gasteiger partial charge in [0.15, 0.2) is 0 Å². The Bertz CT molecular complexity index is 1180. The number of hydrogen-bond donors (Lipinski definition) is 6. The zero-order valence-electron chi connectivity index (χ0n) is 43.7. The van der Waals surface area contributed by atoms with E-state index in [2.05, 4.69) is 26.0 Å². The standard InChI is InChI=1S/C55H107O12P/c1-3-5-7-9-11-13-15-17-19-21-23-24-25-26-27-28-30-32-34-36-38-40-42-44-49(56)66-48(47-65-68(62,63)67-55-53(60)51(58)50(57)52(59)54(55)61)46-64-45-43-41-39-37-35-33-31-29-22-20-18-16-14-12-10-8-6-4-2/h21,23,48,50-55,57-61H,3-20,22,24-47H2,1-2H3,(H,62,63)/b23-21-. The van der Waals surface area contributed by atoms with E-state index in [0.717, 1.165) is 38.5 Å². The number of aliphatic hydroxyl groups is 5. The molecule has 6 unspecified atom stereocenters. The van der Waals surface area contributed by atoms with E-state index < -0.39 is 63.1 Å². The number of phosphoric ester groups is 1. The van der Waals surface area contributed by atoms with E-state index in [0.29, 0.717) is 13.0 Å². The third kappa shape index (κ3) is 36.9. The Morgan fingerprint density at radius 2 is 0.779 bits per heavy atom. The van der Waals surface area contributed by atoms with Gasteiger partial charge in [0, 0.05) is 13.0 Å². The maximum absolute atomic E-state index is 12.9. The molecule has 0 radical (unpaired) electrons. The quantitative estimate of drug-likeness (QED) is 0.0146. The van der Waals surface area contributed by atoms with Crippen LogP contribution in [0.1, 0.15) is 271 Å². The Labute approximate surface area is 416 Å². The van der Waals surface area contributed by atoms with Gasteiger partial charge < -0.3 is 39.9 Å². The van der Waals surface area contributed by atoms with Crippen molar-refractivity contribution >= 4 is 13.8 Å². The lowest BCUT2D eigenvalue weighted by atomic mass is 9.85. The first kappa shape index (κ1) is 65.1. The van der Waals surface area contributed by atoms with Crippen molar-refractivity contribution in [1.29, 1.82) is 0 Å². The van der Waals surface area contributed by atoms with Crippen molar-refractivity contribution in [2.45, 2.75) is 313 Å². The van der Waals surface area contributed by atoms with Crippen LogP contribution in [0.3, 0.4) is 0 Å². The second kappa shape index (κ2) is 45.9. The maximum atomic E-state index is 12.9. The van der Waals surface area contributed by atoms with E-state index in [4.69, 9.17) is 18.5 Å². The number of aliphatic hydroxyl groups excluding tert-OH is 5. The zero-order chi connectivity index (χ0) is 49.8. The van der Waals surface area contributed by atoms with Crippen molar-refractivity contribution in [3.63, 3.8) is 0 Å². The van der Waals surface area contributed by atoms with Crippen molar-refractivity contribution in [3.05, 3.63) is 12.2 Å². The molecule has 0 aromatic carbocycles. The van der Waals surface area contributed by atoms with E-state index in [-0.39, 0.29) is 13.0 Å². The topological polar surface area (TPSA) is 192 Å². The third-order valence-electron chi connectivity index (χ3n) is 13.6. The van der Waals surface area contributed by atoms with Crippen molar-refractivity contribution in [2.75, 3.05) is 19.8 Å². The van der Waals surface area contributed by atoms with E-state index in [1.807, 2.05) is 0 Å². The summed E-state index contributed by atoms with van der Waals surface area (Å²) in [6, 6.07) is 0. The number of ether oxygens (including phenoxy) is 2. The maximum Gasteiger partial charge on any atom is 0.472 e. The molecule has 13 heteroatoms. The summed E-state index contributed by atoms with van der Waals surface area (Å²) in [5, 5.41) is 50.4. The van der Waals surface area contributed by atoms with Crippen molar-refractivity contribution in [2.24, 2.45) is 0 Å². The van der Waals surface area contributed by atoms with Crippen LogP contribution < -0.4 is 0 Å². The average molecular weight is 991 g/mol. The Balaban J connectivity index is 2.27. The smallest absolute Gasteiger partial charge is 0.457 e. The predicted molar refractivity (Wildman–Crippen MR) is 277 cm³/mol. The summed E-state index contributed by atoms with van der Waals surface area (Å²) in [5.41, 5.74) is 0. The van der Waals surface area contributed by atoms with Crippen molar-refractivity contribution < 1.29 is 58.3 Å². The minimum Gasteiger partial charge on any atom is -0.457 e. The normalized spacial score (nSPS) is 21.1. The summed E-state index contributed by atoms with van der Waals surface area (Å²) in [5.74, 6) is -0.471. The molecule has 0 spiro atoms. The van der Waals surface area contributed by atoms with Gasteiger partial charge in [0.1, 0.15) is 42.7 Å². The highest BCUT2D eigenvalue weighted by molar-refractivity contribution is 7.47. The Morgan fingerprint density at radius 1 is 0.456 bits per heavy atom. The molecule has 1 rings (SSSR count). The lowest BCUT2D eigenvalue weighted by Crippen LogP contribution is -2.64. The van der Waals surface area contributed by atoms with Crippen LogP contribution in [0.25, 0.3) is 0 Å². The minimum absolute atomic E-state index is 0.0700. The molecule has 0 saturated heterocycles. The molecule has 0 heterocycles. The van der Waals surface area contributed by atoms with Crippen molar-refractivity contribution in [1.82, 2.24) is 0 Å². The predicted octanol–water partition coefficient (Wildman–Crippen LogP) is 13.4. The number of phosphoric acid groups is 1. The first-order valence-electron chi connectivity index (χ1n) is 28.5. The second-order valence-corrected chi connectivity index (χ2v) is 21.6. The summed E-state index contributed by atoms with van der Waals surface area (Å²) >= 11 is 0. The van der Waals surface area contributed by atoms with Crippen LogP contribution in [-0.4, -0.2) is 98.9 Å². The molecular weight excluding hydrogens is 884 g/mol. The Kier molecular flexibility index (Phi) is 43.9. The molecule has 0 aromatic heterocycles. The van der Waals surface area contributed by atoms with Gasteiger partial charge in [-0.15, -0.1) is 0 Å². The number of unbranched alkanes of at least 4 members (excludes halogenated alkanes) is 36. The number of hydrogen-bond acceptors (Lipinski definition) is 11. The van der Waals surface area contributed by atoms with E-state index in [1.54, 1.807) is 0 Å².